The lowest BCUT2D eigenvalue weighted by molar-refractivity contribution is -0.697. The SMILES string of the molecule is CCCC[n+]1cccc(CN2C(=O)c3ccc4c5c(ccc(c35)C2=O)C(=O)N(Cc2ccc[n+](CCCC)c2)C4=O)c1.[Br-].[Br-]. The summed E-state index contributed by atoms with van der Waals surface area (Å²) in [6, 6.07) is 14.1. The molecule has 228 valence electrons. The molecule has 44 heavy (non-hydrogen) atoms. The average molecular weight is 722 g/mol. The number of nitrogens with zero attached hydrogens (tertiary/aromatic N) is 4. The molecule has 2 aromatic carbocycles. The molecule has 2 aliphatic rings. The van der Waals surface area contributed by atoms with E-state index in [0.29, 0.717) is 33.0 Å². The molecule has 0 radical (unpaired) electrons. The molecule has 4 heterocycles. The molecule has 2 aliphatic heterocycles. The van der Waals surface area contributed by atoms with Crippen molar-refractivity contribution < 1.29 is 62.3 Å². The first-order valence-corrected chi connectivity index (χ1v) is 14.7. The van der Waals surface area contributed by atoms with Crippen LogP contribution in [0.5, 0.6) is 0 Å². The van der Waals surface area contributed by atoms with E-state index in [1.807, 2.05) is 49.1 Å². The van der Waals surface area contributed by atoms with Crippen LogP contribution in [0.25, 0.3) is 10.8 Å². The average Bonchev–Trinajstić information content (AvgIpc) is 3.01. The van der Waals surface area contributed by atoms with Crippen molar-refractivity contribution >= 4 is 34.4 Å². The number of amides is 4. The molecular formula is C34H34Br2N4O4. The molecule has 6 rings (SSSR count). The highest BCUT2D eigenvalue weighted by Gasteiger charge is 2.40. The smallest absolute Gasteiger partial charge is 0.261 e. The largest absolute Gasteiger partial charge is 1.00 e. The van der Waals surface area contributed by atoms with Crippen molar-refractivity contribution in [1.82, 2.24) is 9.80 Å². The molecule has 2 aromatic heterocycles. The predicted octanol–water partition coefficient (Wildman–Crippen LogP) is -1.38. The van der Waals surface area contributed by atoms with Crippen molar-refractivity contribution in [2.24, 2.45) is 0 Å². The Hall–Kier alpha value is -3.76. The Morgan fingerprint density at radius 2 is 0.886 bits per heavy atom. The van der Waals surface area contributed by atoms with Crippen molar-refractivity contribution in [3.05, 3.63) is 107 Å². The van der Waals surface area contributed by atoms with Crippen LogP contribution < -0.4 is 43.1 Å². The number of carbonyl (C=O) groups excluding carboxylic acids is 4. The Morgan fingerprint density at radius 1 is 0.545 bits per heavy atom. The van der Waals surface area contributed by atoms with Crippen LogP contribution in [0.2, 0.25) is 0 Å². The number of halogens is 2. The van der Waals surface area contributed by atoms with E-state index in [-0.39, 0.29) is 47.1 Å². The van der Waals surface area contributed by atoms with Crippen molar-refractivity contribution in [2.75, 3.05) is 0 Å². The lowest BCUT2D eigenvalue weighted by Gasteiger charge is -2.31. The topological polar surface area (TPSA) is 82.5 Å². The van der Waals surface area contributed by atoms with E-state index in [2.05, 4.69) is 23.0 Å². The minimum Gasteiger partial charge on any atom is -1.00 e. The molecule has 4 amide bonds. The molecule has 0 fully saturated rings. The van der Waals surface area contributed by atoms with Crippen LogP contribution in [-0.2, 0) is 26.2 Å². The third-order valence-electron chi connectivity index (χ3n) is 8.12. The summed E-state index contributed by atoms with van der Waals surface area (Å²) in [5.41, 5.74) is 3.01. The Bertz CT molecular complexity index is 1580. The Morgan fingerprint density at radius 3 is 1.20 bits per heavy atom. The van der Waals surface area contributed by atoms with Crippen LogP contribution in [0.15, 0.2) is 73.3 Å². The van der Waals surface area contributed by atoms with Crippen LogP contribution in [0.1, 0.15) is 92.1 Å². The fourth-order valence-corrected chi connectivity index (χ4v) is 5.93. The summed E-state index contributed by atoms with van der Waals surface area (Å²) in [4.78, 5) is 57.3. The van der Waals surface area contributed by atoms with Gasteiger partial charge in [0.2, 0.25) is 0 Å². The zero-order valence-corrected chi connectivity index (χ0v) is 27.9. The van der Waals surface area contributed by atoms with Crippen LogP contribution in [0.4, 0.5) is 0 Å². The van der Waals surface area contributed by atoms with E-state index in [9.17, 15) is 19.2 Å². The zero-order valence-electron chi connectivity index (χ0n) is 24.8. The summed E-state index contributed by atoms with van der Waals surface area (Å²) in [5.74, 6) is -1.71. The van der Waals surface area contributed by atoms with Gasteiger partial charge in [-0.1, -0.05) is 26.7 Å². The zero-order chi connectivity index (χ0) is 29.4. The van der Waals surface area contributed by atoms with Crippen LogP contribution in [-0.4, -0.2) is 33.4 Å². The lowest BCUT2D eigenvalue weighted by Crippen LogP contribution is -3.00. The van der Waals surface area contributed by atoms with Crippen molar-refractivity contribution in [1.29, 1.82) is 0 Å². The summed E-state index contributed by atoms with van der Waals surface area (Å²) in [6.45, 7) is 6.26. The maximum atomic E-state index is 13.7. The molecule has 0 unspecified atom stereocenters. The quantitative estimate of drug-likeness (QED) is 0.149. The normalized spacial score (nSPS) is 13.7. The maximum absolute atomic E-state index is 13.7. The first-order chi connectivity index (χ1) is 20.4. The second-order valence-corrected chi connectivity index (χ2v) is 11.1. The van der Waals surface area contributed by atoms with Gasteiger partial charge >= 0.3 is 0 Å². The van der Waals surface area contributed by atoms with Crippen LogP contribution >= 0.6 is 0 Å². The summed E-state index contributed by atoms with van der Waals surface area (Å²) < 4.78 is 4.14. The monoisotopic (exact) mass is 720 g/mol. The molecule has 8 nitrogen and oxygen atoms in total. The van der Waals surface area contributed by atoms with Crippen LogP contribution in [0, 0.1) is 0 Å². The number of imide groups is 2. The molecular weight excluding hydrogens is 688 g/mol. The highest BCUT2D eigenvalue weighted by Crippen LogP contribution is 2.38. The van der Waals surface area contributed by atoms with Gasteiger partial charge in [-0.15, -0.1) is 0 Å². The number of benzene rings is 2. The highest BCUT2D eigenvalue weighted by molar-refractivity contribution is 6.33. The number of hydrogen-bond donors (Lipinski definition) is 0. The van der Waals surface area contributed by atoms with E-state index >= 15 is 0 Å². The van der Waals surface area contributed by atoms with Gasteiger partial charge in [-0.05, 0) is 36.4 Å². The van der Waals surface area contributed by atoms with E-state index in [4.69, 9.17) is 0 Å². The minimum absolute atomic E-state index is 0. The fraction of sp³-hybridized carbons (Fsp3) is 0.294. The molecule has 0 atom stereocenters. The molecule has 0 spiro atoms. The van der Waals surface area contributed by atoms with Gasteiger partial charge in [-0.25, -0.2) is 9.13 Å². The van der Waals surface area contributed by atoms with Gasteiger partial charge in [-0.3, -0.25) is 29.0 Å². The summed E-state index contributed by atoms with van der Waals surface area (Å²) in [7, 11) is 0. The standard InChI is InChI=1S/C34H34N4O4.2BrH/c1-3-5-15-35-17-7-9-23(19-35)21-37-31(39)25-11-13-27-30-28(14-12-26(29(25)30)32(37)40)34(42)38(33(27)41)22-24-10-8-18-36(20-24)16-6-4-2;;/h7-14,17-20H,3-6,15-16,21-22H2,1-2H3;2*1H/q+2;;/p-2. The van der Waals surface area contributed by atoms with Crippen molar-refractivity contribution in [3.63, 3.8) is 0 Å². The predicted molar refractivity (Wildman–Crippen MR) is 155 cm³/mol. The highest BCUT2D eigenvalue weighted by atomic mass is 79.9. The minimum atomic E-state index is -0.427. The number of aryl methyl sites for hydroxylation is 2. The lowest BCUT2D eigenvalue weighted by atomic mass is 9.85. The van der Waals surface area contributed by atoms with Gasteiger partial charge in [-0.2, -0.15) is 0 Å². The second-order valence-electron chi connectivity index (χ2n) is 11.1. The molecule has 0 N–H and O–H groups in total. The number of unbranched alkanes of at least 4 members (excludes halogenated alkanes) is 2. The summed E-state index contributed by atoms with van der Waals surface area (Å²) in [5, 5.41) is 0.779. The Labute approximate surface area is 277 Å². The molecule has 10 heteroatoms. The van der Waals surface area contributed by atoms with Crippen molar-refractivity contribution in [3.8, 4) is 0 Å². The molecule has 0 saturated carbocycles. The van der Waals surface area contributed by atoms with Gasteiger partial charge in [0, 0.05) is 69.1 Å². The second kappa shape index (κ2) is 13.9. The number of hydrogen-bond acceptors (Lipinski definition) is 4. The van der Waals surface area contributed by atoms with E-state index in [1.165, 1.54) is 9.80 Å². The maximum Gasteiger partial charge on any atom is 0.261 e. The number of aromatic nitrogens is 2. The number of rotatable bonds is 10. The molecule has 4 aromatic rings. The van der Waals surface area contributed by atoms with Gasteiger partial charge in [0.25, 0.3) is 23.6 Å². The Balaban J connectivity index is 0.00000221. The van der Waals surface area contributed by atoms with Gasteiger partial charge in [0.1, 0.15) is 13.1 Å². The van der Waals surface area contributed by atoms with Gasteiger partial charge in [0.05, 0.1) is 13.1 Å². The van der Waals surface area contributed by atoms with E-state index in [0.717, 1.165) is 49.9 Å². The summed E-state index contributed by atoms with van der Waals surface area (Å²) in [6.07, 6.45) is 12.1. The van der Waals surface area contributed by atoms with Gasteiger partial charge in [0.15, 0.2) is 24.8 Å². The number of pyridine rings is 2. The van der Waals surface area contributed by atoms with E-state index < -0.39 is 23.6 Å². The summed E-state index contributed by atoms with van der Waals surface area (Å²) >= 11 is 0. The third-order valence-corrected chi connectivity index (χ3v) is 8.12. The molecule has 0 bridgehead atoms. The van der Waals surface area contributed by atoms with Crippen LogP contribution in [0.3, 0.4) is 0 Å². The third kappa shape index (κ3) is 5.97. The first kappa shape index (κ1) is 33.1. The first-order valence-electron chi connectivity index (χ1n) is 14.7. The van der Waals surface area contributed by atoms with E-state index in [1.54, 1.807) is 24.3 Å². The molecule has 0 aliphatic carbocycles. The van der Waals surface area contributed by atoms with Crippen molar-refractivity contribution in [2.45, 2.75) is 65.7 Å². The molecule has 0 saturated heterocycles. The Kier molecular flexibility index (Phi) is 10.5. The fourth-order valence-electron chi connectivity index (χ4n) is 5.93. The van der Waals surface area contributed by atoms with Gasteiger partial charge < -0.3 is 34.0 Å². The number of carbonyl (C=O) groups is 4.